The van der Waals surface area contributed by atoms with E-state index in [4.69, 9.17) is 0 Å². The molecule has 2 aromatic carbocycles. The monoisotopic (exact) mass is 463 g/mol. The number of nitrogens with zero attached hydrogens (tertiary/aromatic N) is 2. The molecule has 1 fully saturated rings. The van der Waals surface area contributed by atoms with Gasteiger partial charge in [0.1, 0.15) is 11.6 Å². The van der Waals surface area contributed by atoms with Crippen LogP contribution in [0.25, 0.3) is 0 Å². The number of carbonyl (C=O) groups excluding carboxylic acids is 1. The van der Waals surface area contributed by atoms with E-state index in [9.17, 15) is 22.4 Å². The van der Waals surface area contributed by atoms with Crippen molar-refractivity contribution in [3.63, 3.8) is 0 Å². The van der Waals surface area contributed by atoms with Crippen molar-refractivity contribution < 1.29 is 27.1 Å². The molecule has 0 saturated heterocycles. The van der Waals surface area contributed by atoms with Crippen LogP contribution in [0.3, 0.4) is 0 Å². The van der Waals surface area contributed by atoms with E-state index in [2.05, 4.69) is 26.8 Å². The van der Waals surface area contributed by atoms with Crippen LogP contribution < -0.4 is 10.1 Å². The van der Waals surface area contributed by atoms with Gasteiger partial charge in [-0.1, -0.05) is 19.3 Å². The van der Waals surface area contributed by atoms with Gasteiger partial charge in [-0.3, -0.25) is 9.79 Å². The molecule has 1 amide bonds. The second-order valence-electron chi connectivity index (χ2n) is 7.99. The second kappa shape index (κ2) is 10.6. The third-order valence-corrected chi connectivity index (χ3v) is 5.64. The molecule has 0 spiro atoms. The number of carbonyl (C=O) groups is 1. The van der Waals surface area contributed by atoms with E-state index in [1.165, 1.54) is 48.5 Å². The number of benzene rings is 2. The molecular formula is C24H25F4N3O2. The fourth-order valence-electron chi connectivity index (χ4n) is 3.99. The van der Waals surface area contributed by atoms with E-state index in [0.29, 0.717) is 29.9 Å². The number of amidine groups is 1. The lowest BCUT2D eigenvalue weighted by atomic mass is 9.79. The quantitative estimate of drug-likeness (QED) is 0.326. The van der Waals surface area contributed by atoms with Crippen LogP contribution in [0.2, 0.25) is 0 Å². The maximum absolute atomic E-state index is 13.2. The molecule has 0 heterocycles. The lowest BCUT2D eigenvalue weighted by Gasteiger charge is -2.38. The predicted molar refractivity (Wildman–Crippen MR) is 118 cm³/mol. The highest BCUT2D eigenvalue weighted by Gasteiger charge is 2.33. The Morgan fingerprint density at radius 1 is 1.00 bits per heavy atom. The number of nitrogens with one attached hydrogen (secondary N) is 1. The van der Waals surface area contributed by atoms with Crippen molar-refractivity contribution in [1.82, 2.24) is 5.32 Å². The summed E-state index contributed by atoms with van der Waals surface area (Å²) in [7, 11) is 0. The van der Waals surface area contributed by atoms with Gasteiger partial charge in [0.2, 0.25) is 0 Å². The molecule has 1 N–H and O–H groups in total. The van der Waals surface area contributed by atoms with Crippen LogP contribution in [0.4, 0.5) is 17.6 Å². The van der Waals surface area contributed by atoms with Gasteiger partial charge in [0.05, 0.1) is 0 Å². The lowest BCUT2D eigenvalue weighted by molar-refractivity contribution is -0.274. The largest absolute Gasteiger partial charge is 0.573 e. The Balaban J connectivity index is 1.68. The molecule has 0 bridgehead atoms. The summed E-state index contributed by atoms with van der Waals surface area (Å²) in [4.78, 5) is 21.1. The van der Waals surface area contributed by atoms with Crippen LogP contribution in [0.15, 0.2) is 58.5 Å². The molecule has 1 saturated carbocycles. The Morgan fingerprint density at radius 2 is 1.61 bits per heavy atom. The third kappa shape index (κ3) is 7.13. The molecule has 1 aliphatic carbocycles. The topological polar surface area (TPSA) is 63.0 Å². The number of hydrogen-bond acceptors (Lipinski definition) is 3. The van der Waals surface area contributed by atoms with Crippen LogP contribution in [0.1, 0.15) is 54.4 Å². The lowest BCUT2D eigenvalue weighted by Crippen LogP contribution is -2.50. The van der Waals surface area contributed by atoms with Crippen LogP contribution in [0, 0.1) is 5.82 Å². The van der Waals surface area contributed by atoms with Gasteiger partial charge in [-0.2, -0.15) is 0 Å². The van der Waals surface area contributed by atoms with Crippen molar-refractivity contribution in [3.8, 4) is 5.75 Å². The van der Waals surface area contributed by atoms with Crippen LogP contribution in [-0.2, 0) is 0 Å². The van der Waals surface area contributed by atoms with Gasteiger partial charge < -0.3 is 10.1 Å². The van der Waals surface area contributed by atoms with E-state index in [-0.39, 0.29) is 11.7 Å². The molecule has 5 nitrogen and oxygen atoms in total. The highest BCUT2D eigenvalue weighted by molar-refractivity contribution is 6.01. The third-order valence-electron chi connectivity index (χ3n) is 5.64. The Bertz CT molecular complexity index is 980. The summed E-state index contributed by atoms with van der Waals surface area (Å²) in [6.45, 7) is 3.85. The summed E-state index contributed by atoms with van der Waals surface area (Å²) < 4.78 is 54.1. The summed E-state index contributed by atoms with van der Waals surface area (Å²) in [5.41, 5.74) is 0.455. The number of amides is 1. The summed E-state index contributed by atoms with van der Waals surface area (Å²) in [5, 5.41) is 3.13. The molecule has 0 radical (unpaired) electrons. The number of halogens is 4. The SMILES string of the molecule is C=NC(=NCCC1(NC(=O)c2ccc(F)cc2)CCCCC1)c1ccc(OC(F)(F)F)cc1. The smallest absolute Gasteiger partial charge is 0.406 e. The average Bonchev–Trinajstić information content (AvgIpc) is 2.77. The van der Waals surface area contributed by atoms with Gasteiger partial charge in [-0.25, -0.2) is 9.38 Å². The van der Waals surface area contributed by atoms with Gasteiger partial charge in [0.15, 0.2) is 5.84 Å². The predicted octanol–water partition coefficient (Wildman–Crippen LogP) is 5.69. The van der Waals surface area contributed by atoms with E-state index >= 15 is 0 Å². The highest BCUT2D eigenvalue weighted by Crippen LogP contribution is 2.32. The van der Waals surface area contributed by atoms with E-state index in [0.717, 1.165) is 32.1 Å². The summed E-state index contributed by atoms with van der Waals surface area (Å²) in [5.74, 6) is -0.706. The van der Waals surface area contributed by atoms with E-state index < -0.39 is 17.7 Å². The Morgan fingerprint density at radius 3 is 2.18 bits per heavy atom. The molecule has 0 atom stereocenters. The first-order valence-corrected chi connectivity index (χ1v) is 10.7. The van der Waals surface area contributed by atoms with Crippen LogP contribution in [0.5, 0.6) is 5.75 Å². The number of hydrogen-bond donors (Lipinski definition) is 1. The normalized spacial score (nSPS) is 16.2. The van der Waals surface area contributed by atoms with E-state index in [1.54, 1.807) is 0 Å². The second-order valence-corrected chi connectivity index (χ2v) is 7.99. The number of ether oxygens (including phenoxy) is 1. The zero-order chi connectivity index (χ0) is 23.9. The molecule has 9 heteroatoms. The zero-order valence-electron chi connectivity index (χ0n) is 18.0. The number of aliphatic imine (C=N–C) groups is 2. The van der Waals surface area contributed by atoms with Crippen molar-refractivity contribution in [1.29, 1.82) is 0 Å². The molecule has 0 aromatic heterocycles. The fraction of sp³-hybridized carbons (Fsp3) is 0.375. The molecule has 3 rings (SSSR count). The molecule has 0 unspecified atom stereocenters. The molecule has 33 heavy (non-hydrogen) atoms. The molecule has 176 valence electrons. The maximum Gasteiger partial charge on any atom is 0.573 e. The first kappa shape index (κ1) is 24.4. The summed E-state index contributed by atoms with van der Waals surface area (Å²) in [6.07, 6.45) is 0.437. The van der Waals surface area contributed by atoms with Gasteiger partial charge in [0, 0.05) is 23.2 Å². The van der Waals surface area contributed by atoms with Crippen molar-refractivity contribution in [2.45, 2.75) is 50.4 Å². The minimum Gasteiger partial charge on any atom is -0.406 e. The standard InChI is InChI=1S/C24H25F4N3O2/c1-29-21(17-7-11-20(12-8-17)33-24(26,27)28)30-16-15-23(13-3-2-4-14-23)31-22(32)18-5-9-19(25)10-6-18/h5-12H,1-4,13-16H2,(H,31,32). The fourth-order valence-corrected chi connectivity index (χ4v) is 3.99. The Labute approximate surface area is 189 Å². The summed E-state index contributed by atoms with van der Waals surface area (Å²) in [6, 6.07) is 10.6. The summed E-state index contributed by atoms with van der Waals surface area (Å²) >= 11 is 0. The Kier molecular flexibility index (Phi) is 7.84. The van der Waals surface area contributed by atoms with Gasteiger partial charge in [0.25, 0.3) is 5.91 Å². The molecule has 2 aromatic rings. The molecule has 0 aliphatic heterocycles. The zero-order valence-corrected chi connectivity index (χ0v) is 18.0. The maximum atomic E-state index is 13.2. The van der Waals surface area contributed by atoms with E-state index in [1.807, 2.05) is 0 Å². The minimum atomic E-state index is -4.76. The van der Waals surface area contributed by atoms with Crippen molar-refractivity contribution in [2.75, 3.05) is 6.54 Å². The average molecular weight is 463 g/mol. The first-order valence-electron chi connectivity index (χ1n) is 10.7. The number of alkyl halides is 3. The van der Waals surface area contributed by atoms with Gasteiger partial charge in [-0.05, 0) is 74.5 Å². The van der Waals surface area contributed by atoms with Crippen LogP contribution >= 0.6 is 0 Å². The molecular weight excluding hydrogens is 438 g/mol. The minimum absolute atomic E-state index is 0.261. The Hall–Kier alpha value is -3.23. The van der Waals surface area contributed by atoms with Gasteiger partial charge in [-0.15, -0.1) is 13.2 Å². The molecule has 1 aliphatic rings. The van der Waals surface area contributed by atoms with Gasteiger partial charge >= 0.3 is 6.36 Å². The van der Waals surface area contributed by atoms with Crippen molar-refractivity contribution >= 4 is 18.5 Å². The highest BCUT2D eigenvalue weighted by atomic mass is 19.4. The van der Waals surface area contributed by atoms with Crippen LogP contribution in [-0.4, -0.2) is 36.9 Å². The van der Waals surface area contributed by atoms with Crippen molar-refractivity contribution in [2.24, 2.45) is 9.98 Å². The number of rotatable bonds is 7. The first-order chi connectivity index (χ1) is 15.7. The van der Waals surface area contributed by atoms with Crippen molar-refractivity contribution in [3.05, 3.63) is 65.5 Å².